The molecule has 0 aromatic carbocycles. The van der Waals surface area contributed by atoms with Crippen LogP contribution in [0.4, 0.5) is 11.6 Å². The van der Waals surface area contributed by atoms with Crippen LogP contribution in [0.25, 0.3) is 0 Å². The number of aryl methyl sites for hydroxylation is 1. The highest BCUT2D eigenvalue weighted by molar-refractivity contribution is 5.51. The molecule has 0 spiro atoms. The average molecular weight is 290 g/mol. The van der Waals surface area contributed by atoms with Crippen molar-refractivity contribution in [2.75, 3.05) is 36.0 Å². The van der Waals surface area contributed by atoms with E-state index < -0.39 is 0 Å². The van der Waals surface area contributed by atoms with Crippen molar-refractivity contribution in [1.29, 1.82) is 0 Å². The zero-order valence-electron chi connectivity index (χ0n) is 14.1. The topological polar surface area (TPSA) is 32.3 Å². The first-order valence-electron chi connectivity index (χ1n) is 8.49. The van der Waals surface area contributed by atoms with Crippen LogP contribution in [0, 0.1) is 12.8 Å². The highest BCUT2D eigenvalue weighted by Gasteiger charge is 2.19. The Labute approximate surface area is 129 Å². The SMILES string of the molecule is CCCN(CCC)c1cc(N2CCC(C)CC2)nc(C)n1. The second-order valence-corrected chi connectivity index (χ2v) is 6.29. The van der Waals surface area contributed by atoms with Crippen molar-refractivity contribution >= 4 is 11.6 Å². The molecule has 4 heteroatoms. The minimum atomic E-state index is 0.848. The number of hydrogen-bond donors (Lipinski definition) is 0. The van der Waals surface area contributed by atoms with Crippen molar-refractivity contribution in [2.24, 2.45) is 5.92 Å². The predicted octanol–water partition coefficient (Wildman–Crippen LogP) is 3.65. The molecule has 21 heavy (non-hydrogen) atoms. The first kappa shape index (κ1) is 16.1. The predicted molar refractivity (Wildman–Crippen MR) is 90.2 cm³/mol. The highest BCUT2D eigenvalue weighted by Crippen LogP contribution is 2.24. The normalized spacial score (nSPS) is 16.3. The van der Waals surface area contributed by atoms with Gasteiger partial charge in [-0.2, -0.15) is 0 Å². The Kier molecular flexibility index (Phi) is 5.83. The van der Waals surface area contributed by atoms with Crippen molar-refractivity contribution in [1.82, 2.24) is 9.97 Å². The standard InChI is InChI=1S/C17H30N4/c1-5-9-20(10-6-2)16-13-17(19-15(4)18-16)21-11-7-14(3)8-12-21/h13-14H,5-12H2,1-4H3. The van der Waals surface area contributed by atoms with Crippen molar-refractivity contribution in [3.63, 3.8) is 0 Å². The van der Waals surface area contributed by atoms with Gasteiger partial charge < -0.3 is 9.80 Å². The van der Waals surface area contributed by atoms with Gasteiger partial charge in [-0.1, -0.05) is 20.8 Å². The summed E-state index contributed by atoms with van der Waals surface area (Å²) >= 11 is 0. The summed E-state index contributed by atoms with van der Waals surface area (Å²) in [4.78, 5) is 14.2. The fraction of sp³-hybridized carbons (Fsp3) is 0.765. The molecule has 0 bridgehead atoms. The first-order chi connectivity index (χ1) is 10.1. The minimum Gasteiger partial charge on any atom is -0.356 e. The second kappa shape index (κ2) is 7.62. The van der Waals surface area contributed by atoms with Gasteiger partial charge >= 0.3 is 0 Å². The van der Waals surface area contributed by atoms with Gasteiger partial charge in [-0.15, -0.1) is 0 Å². The summed E-state index contributed by atoms with van der Waals surface area (Å²) in [6.45, 7) is 13.2. The van der Waals surface area contributed by atoms with E-state index in [0.29, 0.717) is 0 Å². The van der Waals surface area contributed by atoms with E-state index in [-0.39, 0.29) is 0 Å². The fourth-order valence-corrected chi connectivity index (χ4v) is 2.98. The Bertz CT molecular complexity index is 432. The smallest absolute Gasteiger partial charge is 0.134 e. The molecule has 1 fully saturated rings. The summed E-state index contributed by atoms with van der Waals surface area (Å²) in [5, 5.41) is 0. The largest absolute Gasteiger partial charge is 0.356 e. The number of nitrogens with zero attached hydrogens (tertiary/aromatic N) is 4. The monoisotopic (exact) mass is 290 g/mol. The number of aromatic nitrogens is 2. The van der Waals surface area contributed by atoms with Crippen LogP contribution in [0.3, 0.4) is 0 Å². The molecule has 118 valence electrons. The zero-order chi connectivity index (χ0) is 15.2. The third kappa shape index (κ3) is 4.32. The maximum Gasteiger partial charge on any atom is 0.134 e. The quantitative estimate of drug-likeness (QED) is 0.800. The van der Waals surface area contributed by atoms with Crippen molar-refractivity contribution in [2.45, 2.75) is 53.4 Å². The zero-order valence-corrected chi connectivity index (χ0v) is 14.1. The molecule has 0 unspecified atom stereocenters. The Balaban J connectivity index is 2.19. The van der Waals surface area contributed by atoms with Crippen LogP contribution >= 0.6 is 0 Å². The Morgan fingerprint density at radius 2 is 1.76 bits per heavy atom. The van der Waals surface area contributed by atoms with Crippen molar-refractivity contribution in [3.05, 3.63) is 11.9 Å². The number of hydrogen-bond acceptors (Lipinski definition) is 4. The van der Waals surface area contributed by atoms with E-state index in [1.165, 1.54) is 12.8 Å². The molecule has 1 aliphatic heterocycles. The van der Waals surface area contributed by atoms with Gasteiger partial charge in [0.15, 0.2) is 0 Å². The molecule has 4 nitrogen and oxygen atoms in total. The van der Waals surface area contributed by atoms with Crippen LogP contribution < -0.4 is 9.80 Å². The average Bonchev–Trinajstić information content (AvgIpc) is 2.47. The molecule has 1 aromatic heterocycles. The molecule has 2 rings (SSSR count). The Morgan fingerprint density at radius 3 is 2.33 bits per heavy atom. The lowest BCUT2D eigenvalue weighted by Gasteiger charge is -2.32. The lowest BCUT2D eigenvalue weighted by atomic mass is 9.99. The van der Waals surface area contributed by atoms with E-state index in [2.05, 4.69) is 46.6 Å². The van der Waals surface area contributed by atoms with Crippen molar-refractivity contribution < 1.29 is 0 Å². The maximum atomic E-state index is 4.67. The van der Waals surface area contributed by atoms with Gasteiger partial charge in [0.2, 0.25) is 0 Å². The van der Waals surface area contributed by atoms with Crippen LogP contribution in [0.1, 0.15) is 52.3 Å². The molecule has 0 atom stereocenters. The third-order valence-corrected chi connectivity index (χ3v) is 4.23. The van der Waals surface area contributed by atoms with Gasteiger partial charge in [-0.25, -0.2) is 9.97 Å². The second-order valence-electron chi connectivity index (χ2n) is 6.29. The number of anilines is 2. The Hall–Kier alpha value is -1.32. The maximum absolute atomic E-state index is 4.67. The van der Waals surface area contributed by atoms with Gasteiger partial charge in [0.1, 0.15) is 17.5 Å². The molecule has 0 saturated carbocycles. The van der Waals surface area contributed by atoms with Gasteiger partial charge in [-0.3, -0.25) is 0 Å². The van der Waals surface area contributed by atoms with E-state index >= 15 is 0 Å². The van der Waals surface area contributed by atoms with E-state index in [1.807, 2.05) is 6.92 Å². The summed E-state index contributed by atoms with van der Waals surface area (Å²) in [6, 6.07) is 2.19. The minimum absolute atomic E-state index is 0.848. The number of piperidine rings is 1. The van der Waals surface area contributed by atoms with E-state index in [4.69, 9.17) is 0 Å². The van der Waals surface area contributed by atoms with Crippen LogP contribution in [0.2, 0.25) is 0 Å². The van der Waals surface area contributed by atoms with Gasteiger partial charge in [0.05, 0.1) is 0 Å². The summed E-state index contributed by atoms with van der Waals surface area (Å²) in [5.74, 6) is 3.94. The summed E-state index contributed by atoms with van der Waals surface area (Å²) < 4.78 is 0. The highest BCUT2D eigenvalue weighted by atomic mass is 15.2. The van der Waals surface area contributed by atoms with Crippen LogP contribution in [0.15, 0.2) is 6.07 Å². The summed E-state index contributed by atoms with van der Waals surface area (Å²) in [5.41, 5.74) is 0. The van der Waals surface area contributed by atoms with Crippen LogP contribution in [-0.2, 0) is 0 Å². The van der Waals surface area contributed by atoms with Gasteiger partial charge in [0.25, 0.3) is 0 Å². The first-order valence-corrected chi connectivity index (χ1v) is 8.49. The van der Waals surface area contributed by atoms with Crippen LogP contribution in [0.5, 0.6) is 0 Å². The molecule has 2 heterocycles. The van der Waals surface area contributed by atoms with Crippen molar-refractivity contribution in [3.8, 4) is 0 Å². The van der Waals surface area contributed by atoms with E-state index in [0.717, 1.165) is 62.4 Å². The van der Waals surface area contributed by atoms with E-state index in [1.54, 1.807) is 0 Å². The molecule has 0 radical (unpaired) electrons. The number of rotatable bonds is 6. The summed E-state index contributed by atoms with van der Waals surface area (Å²) in [7, 11) is 0. The summed E-state index contributed by atoms with van der Waals surface area (Å²) in [6.07, 6.45) is 4.84. The van der Waals surface area contributed by atoms with E-state index in [9.17, 15) is 0 Å². The molecule has 1 aromatic rings. The molecule has 0 N–H and O–H groups in total. The van der Waals surface area contributed by atoms with Gasteiger partial charge in [0, 0.05) is 32.2 Å². The van der Waals surface area contributed by atoms with Crippen LogP contribution in [-0.4, -0.2) is 36.1 Å². The van der Waals surface area contributed by atoms with Gasteiger partial charge in [-0.05, 0) is 38.5 Å². The third-order valence-electron chi connectivity index (χ3n) is 4.23. The fourth-order valence-electron chi connectivity index (χ4n) is 2.98. The molecule has 0 amide bonds. The molecule has 0 aliphatic carbocycles. The molecular formula is C17H30N4. The Morgan fingerprint density at radius 1 is 1.14 bits per heavy atom. The lowest BCUT2D eigenvalue weighted by molar-refractivity contribution is 0.436. The lowest BCUT2D eigenvalue weighted by Crippen LogP contribution is -2.34. The molecule has 1 saturated heterocycles. The molecular weight excluding hydrogens is 260 g/mol. The molecule has 1 aliphatic rings.